The molecule has 16 heavy (non-hydrogen) atoms. The van der Waals surface area contributed by atoms with Gasteiger partial charge >= 0.3 is 5.97 Å². The lowest BCUT2D eigenvalue weighted by Gasteiger charge is -2.31. The third kappa shape index (κ3) is 2.52. The van der Waals surface area contributed by atoms with Crippen LogP contribution in [0.1, 0.15) is 33.6 Å². The Balaban J connectivity index is 2.77. The zero-order chi connectivity index (χ0) is 12.5. The summed E-state index contributed by atoms with van der Waals surface area (Å²) >= 11 is 0. The van der Waals surface area contributed by atoms with Crippen LogP contribution in [0.4, 0.5) is 0 Å². The average Bonchev–Trinajstić information content (AvgIpc) is 2.62. The normalized spacial score (nSPS) is 23.2. The molecule has 1 heterocycles. The van der Waals surface area contributed by atoms with E-state index in [1.165, 1.54) is 4.90 Å². The molecule has 0 aromatic carbocycles. The molecule has 0 bridgehead atoms. The summed E-state index contributed by atoms with van der Waals surface area (Å²) in [4.78, 5) is 24.4. The summed E-state index contributed by atoms with van der Waals surface area (Å²) in [7, 11) is 0. The van der Waals surface area contributed by atoms with E-state index in [9.17, 15) is 9.59 Å². The predicted octanol–water partition coefficient (Wildman–Crippen LogP) is 0.435. The molecule has 1 amide bonds. The fraction of sp³-hybridized carbons (Fsp3) is 0.818. The fourth-order valence-electron chi connectivity index (χ4n) is 1.84. The highest BCUT2D eigenvalue weighted by atomic mass is 16.4. The Kier molecular flexibility index (Phi) is 3.57. The van der Waals surface area contributed by atoms with Crippen molar-refractivity contribution in [1.29, 1.82) is 0 Å². The summed E-state index contributed by atoms with van der Waals surface area (Å²) in [6.07, 6.45) is 1.26. The van der Waals surface area contributed by atoms with Crippen molar-refractivity contribution in [3.05, 3.63) is 0 Å². The molecule has 1 rings (SSSR count). The number of nitrogens with zero attached hydrogens (tertiary/aromatic N) is 1. The number of aliphatic carboxylic acids is 1. The quantitative estimate of drug-likeness (QED) is 0.718. The number of carboxylic acid groups (broad SMARTS) is 1. The number of carbonyl (C=O) groups excluding carboxylic acids is 1. The van der Waals surface area contributed by atoms with E-state index >= 15 is 0 Å². The summed E-state index contributed by atoms with van der Waals surface area (Å²) in [5, 5.41) is 8.98. The van der Waals surface area contributed by atoms with E-state index in [-0.39, 0.29) is 11.3 Å². The summed E-state index contributed by atoms with van der Waals surface area (Å²) < 4.78 is 0. The van der Waals surface area contributed by atoms with Gasteiger partial charge in [0.1, 0.15) is 6.04 Å². The molecular formula is C11H20N2O3. The highest BCUT2D eigenvalue weighted by Gasteiger charge is 2.39. The van der Waals surface area contributed by atoms with E-state index in [1.807, 2.05) is 20.8 Å². The molecule has 0 aromatic rings. The molecule has 5 nitrogen and oxygen atoms in total. The van der Waals surface area contributed by atoms with Crippen molar-refractivity contribution in [3.8, 4) is 0 Å². The zero-order valence-electron chi connectivity index (χ0n) is 10.1. The Morgan fingerprint density at radius 2 is 2.00 bits per heavy atom. The number of nitrogens with two attached hydrogens (primary N) is 1. The van der Waals surface area contributed by atoms with Crippen LogP contribution in [0.3, 0.4) is 0 Å². The highest BCUT2D eigenvalue weighted by Crippen LogP contribution is 2.24. The van der Waals surface area contributed by atoms with Crippen LogP contribution in [0.5, 0.6) is 0 Å². The second-order valence-electron chi connectivity index (χ2n) is 5.37. The number of hydrogen-bond acceptors (Lipinski definition) is 3. The topological polar surface area (TPSA) is 83.6 Å². The number of hydrogen-bond donors (Lipinski definition) is 2. The predicted molar refractivity (Wildman–Crippen MR) is 59.8 cm³/mol. The van der Waals surface area contributed by atoms with E-state index < -0.39 is 18.1 Å². The van der Waals surface area contributed by atoms with Crippen molar-refractivity contribution < 1.29 is 14.7 Å². The molecule has 1 aliphatic heterocycles. The zero-order valence-corrected chi connectivity index (χ0v) is 10.1. The first kappa shape index (κ1) is 13.0. The Hall–Kier alpha value is -1.10. The maximum atomic E-state index is 12.0. The first-order chi connectivity index (χ1) is 7.25. The van der Waals surface area contributed by atoms with E-state index in [0.717, 1.165) is 6.42 Å². The number of likely N-dealkylation sites (tertiary alicyclic amines) is 1. The van der Waals surface area contributed by atoms with Gasteiger partial charge in [0.05, 0.1) is 6.04 Å². The van der Waals surface area contributed by atoms with E-state index in [1.54, 1.807) is 0 Å². The van der Waals surface area contributed by atoms with Crippen molar-refractivity contribution in [2.75, 3.05) is 6.54 Å². The number of rotatable bonds is 2. The fourth-order valence-corrected chi connectivity index (χ4v) is 1.84. The first-order valence-electron chi connectivity index (χ1n) is 5.54. The maximum absolute atomic E-state index is 12.0. The third-order valence-electron chi connectivity index (χ3n) is 3.02. The average molecular weight is 228 g/mol. The molecule has 1 aliphatic rings. The first-order valence-corrected chi connectivity index (χ1v) is 5.54. The van der Waals surface area contributed by atoms with Gasteiger partial charge in [-0.1, -0.05) is 20.8 Å². The molecule has 2 atom stereocenters. The second kappa shape index (κ2) is 4.41. The van der Waals surface area contributed by atoms with Gasteiger partial charge in [0, 0.05) is 6.54 Å². The third-order valence-corrected chi connectivity index (χ3v) is 3.02. The van der Waals surface area contributed by atoms with Gasteiger partial charge in [0.2, 0.25) is 5.91 Å². The summed E-state index contributed by atoms with van der Waals surface area (Å²) in [5.41, 5.74) is 5.51. The molecule has 92 valence electrons. The number of amides is 1. The van der Waals surface area contributed by atoms with Crippen LogP contribution in [-0.2, 0) is 9.59 Å². The van der Waals surface area contributed by atoms with Gasteiger partial charge in [-0.3, -0.25) is 4.79 Å². The Bertz CT molecular complexity index is 296. The molecule has 5 heteroatoms. The lowest BCUT2D eigenvalue weighted by molar-refractivity contribution is -0.149. The molecule has 0 saturated carbocycles. The Morgan fingerprint density at radius 1 is 1.44 bits per heavy atom. The van der Waals surface area contributed by atoms with Crippen LogP contribution in [0.25, 0.3) is 0 Å². The minimum Gasteiger partial charge on any atom is -0.480 e. The van der Waals surface area contributed by atoms with Crippen LogP contribution >= 0.6 is 0 Å². The Morgan fingerprint density at radius 3 is 2.44 bits per heavy atom. The molecule has 0 aliphatic carbocycles. The minimum absolute atomic E-state index is 0.252. The van der Waals surface area contributed by atoms with Crippen molar-refractivity contribution in [3.63, 3.8) is 0 Å². The van der Waals surface area contributed by atoms with Crippen LogP contribution in [0.2, 0.25) is 0 Å². The van der Waals surface area contributed by atoms with Crippen LogP contribution in [0, 0.1) is 5.41 Å². The number of carbonyl (C=O) groups is 2. The lowest BCUT2D eigenvalue weighted by atomic mass is 9.86. The van der Waals surface area contributed by atoms with Gasteiger partial charge in [0.25, 0.3) is 0 Å². The maximum Gasteiger partial charge on any atom is 0.326 e. The van der Waals surface area contributed by atoms with Gasteiger partial charge in [-0.05, 0) is 18.3 Å². The van der Waals surface area contributed by atoms with Crippen LogP contribution in [0.15, 0.2) is 0 Å². The van der Waals surface area contributed by atoms with Crippen LogP contribution in [-0.4, -0.2) is 40.5 Å². The van der Waals surface area contributed by atoms with Crippen molar-refractivity contribution in [1.82, 2.24) is 4.90 Å². The summed E-state index contributed by atoms with van der Waals surface area (Å²) in [6.45, 7) is 6.13. The van der Waals surface area contributed by atoms with Crippen molar-refractivity contribution in [2.45, 2.75) is 45.7 Å². The SMILES string of the molecule is CC(C)(C)[C@H](N)C(=O)N1CCC[C@H]1C(=O)O. The van der Waals surface area contributed by atoms with Crippen molar-refractivity contribution >= 4 is 11.9 Å². The minimum atomic E-state index is -0.938. The van der Waals surface area contributed by atoms with Gasteiger partial charge in [-0.15, -0.1) is 0 Å². The van der Waals surface area contributed by atoms with Gasteiger partial charge in [-0.2, -0.15) is 0 Å². The molecule has 3 N–H and O–H groups in total. The summed E-state index contributed by atoms with van der Waals surface area (Å²) in [6, 6.07) is -1.34. The molecular weight excluding hydrogens is 208 g/mol. The van der Waals surface area contributed by atoms with Crippen molar-refractivity contribution in [2.24, 2.45) is 11.1 Å². The largest absolute Gasteiger partial charge is 0.480 e. The summed E-state index contributed by atoms with van der Waals surface area (Å²) in [5.74, 6) is -1.19. The monoisotopic (exact) mass is 228 g/mol. The Labute approximate surface area is 95.6 Å². The van der Waals surface area contributed by atoms with Gasteiger partial charge in [0.15, 0.2) is 0 Å². The molecule has 0 radical (unpaired) electrons. The molecule has 0 unspecified atom stereocenters. The van der Waals surface area contributed by atoms with E-state index in [2.05, 4.69) is 0 Å². The van der Waals surface area contributed by atoms with Crippen LogP contribution < -0.4 is 5.73 Å². The van der Waals surface area contributed by atoms with E-state index in [4.69, 9.17) is 10.8 Å². The molecule has 0 spiro atoms. The standard InChI is InChI=1S/C11H20N2O3/c1-11(2,3)8(12)9(14)13-6-4-5-7(13)10(15)16/h7-8H,4-6,12H2,1-3H3,(H,15,16)/t7-,8+/m0/s1. The lowest BCUT2D eigenvalue weighted by Crippen LogP contribution is -2.53. The van der Waals surface area contributed by atoms with Gasteiger partial charge < -0.3 is 15.7 Å². The highest BCUT2D eigenvalue weighted by molar-refractivity contribution is 5.87. The molecule has 1 saturated heterocycles. The smallest absolute Gasteiger partial charge is 0.326 e. The number of carboxylic acids is 1. The molecule has 1 fully saturated rings. The van der Waals surface area contributed by atoms with Gasteiger partial charge in [-0.25, -0.2) is 4.79 Å². The second-order valence-corrected chi connectivity index (χ2v) is 5.37. The molecule has 0 aromatic heterocycles. The van der Waals surface area contributed by atoms with E-state index in [0.29, 0.717) is 13.0 Å².